The van der Waals surface area contributed by atoms with Crippen LogP contribution in [0.4, 0.5) is 10.8 Å². The number of amides is 3. The van der Waals surface area contributed by atoms with E-state index in [1.54, 1.807) is 29.2 Å². The molecule has 0 aliphatic carbocycles. The molecule has 8 nitrogen and oxygen atoms in total. The van der Waals surface area contributed by atoms with Gasteiger partial charge >= 0.3 is 0 Å². The Labute approximate surface area is 218 Å². The van der Waals surface area contributed by atoms with Crippen molar-refractivity contribution >= 4 is 61.7 Å². The summed E-state index contributed by atoms with van der Waals surface area (Å²) in [6.07, 6.45) is 1.14. The minimum absolute atomic E-state index is 0.191. The van der Waals surface area contributed by atoms with E-state index in [4.69, 9.17) is 21.3 Å². The number of imide groups is 1. The zero-order valence-electron chi connectivity index (χ0n) is 20.0. The van der Waals surface area contributed by atoms with Crippen LogP contribution < -0.4 is 9.80 Å². The molecule has 0 N–H and O–H groups in total. The van der Waals surface area contributed by atoms with Crippen molar-refractivity contribution in [1.29, 1.82) is 0 Å². The number of aromatic nitrogens is 1. The Bertz CT molecular complexity index is 1270. The van der Waals surface area contributed by atoms with Gasteiger partial charge in [0, 0.05) is 44.6 Å². The Hall–Kier alpha value is -2.85. The van der Waals surface area contributed by atoms with E-state index < -0.39 is 0 Å². The highest BCUT2D eigenvalue weighted by Gasteiger charge is 2.31. The summed E-state index contributed by atoms with van der Waals surface area (Å²) in [5.41, 5.74) is 2.60. The number of ether oxygens (including phenoxy) is 1. The van der Waals surface area contributed by atoms with Gasteiger partial charge in [-0.1, -0.05) is 35.1 Å². The molecule has 0 spiro atoms. The van der Waals surface area contributed by atoms with Crippen LogP contribution in [-0.2, 0) is 14.3 Å². The third-order valence-electron chi connectivity index (χ3n) is 6.52. The maximum absolute atomic E-state index is 13.8. The average Bonchev–Trinajstić information content (AvgIpc) is 3.48. The molecule has 2 aliphatic rings. The van der Waals surface area contributed by atoms with E-state index in [1.807, 2.05) is 19.1 Å². The molecule has 10 heteroatoms. The highest BCUT2D eigenvalue weighted by Crippen LogP contribution is 2.36. The van der Waals surface area contributed by atoms with Crippen LogP contribution in [0.3, 0.4) is 0 Å². The van der Waals surface area contributed by atoms with Crippen molar-refractivity contribution in [2.75, 3.05) is 49.2 Å². The first kappa shape index (κ1) is 24.8. The van der Waals surface area contributed by atoms with Gasteiger partial charge in [0.15, 0.2) is 5.13 Å². The van der Waals surface area contributed by atoms with E-state index in [1.165, 1.54) is 16.2 Å². The van der Waals surface area contributed by atoms with Crippen molar-refractivity contribution in [2.45, 2.75) is 26.2 Å². The van der Waals surface area contributed by atoms with Crippen LogP contribution in [0, 0.1) is 6.92 Å². The summed E-state index contributed by atoms with van der Waals surface area (Å²) in [6, 6.07) is 10.5. The standard InChI is InChI=1S/C26H27ClN4O4S/c1-17-6-7-20(27)24-23(17)28-26(36-24)30(11-3-10-29-12-14-35-15-13-29)25(34)18-4-2-5-19(16-18)31-21(32)8-9-22(31)33/h2,4-7,16H,3,8-15H2,1H3. The van der Waals surface area contributed by atoms with Crippen LogP contribution in [0.25, 0.3) is 10.2 Å². The van der Waals surface area contributed by atoms with Gasteiger partial charge in [0.2, 0.25) is 11.8 Å². The van der Waals surface area contributed by atoms with Gasteiger partial charge in [0.05, 0.1) is 34.1 Å². The zero-order chi connectivity index (χ0) is 25.2. The average molecular weight is 527 g/mol. The van der Waals surface area contributed by atoms with Gasteiger partial charge < -0.3 is 4.74 Å². The van der Waals surface area contributed by atoms with Gasteiger partial charge in [0.1, 0.15) is 0 Å². The van der Waals surface area contributed by atoms with Gasteiger partial charge in [-0.3, -0.25) is 29.1 Å². The first-order chi connectivity index (χ1) is 17.4. The Kier molecular flexibility index (Phi) is 7.34. The molecular formula is C26H27ClN4O4S. The van der Waals surface area contributed by atoms with Crippen LogP contribution >= 0.6 is 22.9 Å². The number of aryl methyl sites for hydroxylation is 1. The Balaban J connectivity index is 1.45. The molecule has 0 bridgehead atoms. The summed E-state index contributed by atoms with van der Waals surface area (Å²) >= 11 is 7.84. The number of benzene rings is 2. The number of morpholine rings is 1. The van der Waals surface area contributed by atoms with Crippen LogP contribution in [0.2, 0.25) is 5.02 Å². The Morgan fingerprint density at radius 1 is 1.14 bits per heavy atom. The fraction of sp³-hybridized carbons (Fsp3) is 0.385. The summed E-state index contributed by atoms with van der Waals surface area (Å²) in [6.45, 7) is 6.49. The van der Waals surface area contributed by atoms with Gasteiger partial charge in [0.25, 0.3) is 5.91 Å². The molecule has 3 heterocycles. The lowest BCUT2D eigenvalue weighted by Gasteiger charge is -2.28. The molecule has 3 aromatic rings. The van der Waals surface area contributed by atoms with Crippen LogP contribution in [0.5, 0.6) is 0 Å². The number of thiazole rings is 1. The largest absolute Gasteiger partial charge is 0.379 e. The first-order valence-electron chi connectivity index (χ1n) is 12.1. The third kappa shape index (κ3) is 5.01. The van der Waals surface area contributed by atoms with Crippen molar-refractivity contribution < 1.29 is 19.1 Å². The molecule has 2 aromatic carbocycles. The van der Waals surface area contributed by atoms with Crippen molar-refractivity contribution in [3.63, 3.8) is 0 Å². The molecule has 5 rings (SSSR count). The van der Waals surface area contributed by atoms with E-state index in [0.717, 1.165) is 55.0 Å². The van der Waals surface area contributed by atoms with E-state index in [-0.39, 0.29) is 30.6 Å². The maximum Gasteiger partial charge on any atom is 0.260 e. The van der Waals surface area contributed by atoms with E-state index >= 15 is 0 Å². The number of hydrogen-bond donors (Lipinski definition) is 0. The minimum atomic E-state index is -0.247. The predicted octanol–water partition coefficient (Wildman–Crippen LogP) is 4.28. The summed E-state index contributed by atoms with van der Waals surface area (Å²) in [5.74, 6) is -0.725. The van der Waals surface area contributed by atoms with E-state index in [9.17, 15) is 14.4 Å². The lowest BCUT2D eigenvalue weighted by atomic mass is 10.1. The molecule has 0 unspecified atom stereocenters. The van der Waals surface area contributed by atoms with Crippen molar-refractivity contribution in [3.05, 3.63) is 52.5 Å². The molecule has 188 valence electrons. The lowest BCUT2D eigenvalue weighted by molar-refractivity contribution is -0.121. The minimum Gasteiger partial charge on any atom is -0.379 e. The molecule has 0 saturated carbocycles. The topological polar surface area (TPSA) is 83.0 Å². The van der Waals surface area contributed by atoms with Gasteiger partial charge in [-0.25, -0.2) is 4.98 Å². The molecule has 2 fully saturated rings. The highest BCUT2D eigenvalue weighted by molar-refractivity contribution is 7.23. The molecule has 2 saturated heterocycles. The van der Waals surface area contributed by atoms with Crippen molar-refractivity contribution in [1.82, 2.24) is 9.88 Å². The Morgan fingerprint density at radius 2 is 1.89 bits per heavy atom. The Morgan fingerprint density at radius 3 is 2.61 bits per heavy atom. The van der Waals surface area contributed by atoms with E-state index in [0.29, 0.717) is 27.9 Å². The fourth-order valence-electron chi connectivity index (χ4n) is 4.57. The van der Waals surface area contributed by atoms with E-state index in [2.05, 4.69) is 4.90 Å². The number of fused-ring (bicyclic) bond motifs is 1. The first-order valence-corrected chi connectivity index (χ1v) is 13.3. The van der Waals surface area contributed by atoms with Gasteiger partial charge in [-0.15, -0.1) is 0 Å². The summed E-state index contributed by atoms with van der Waals surface area (Å²) in [5, 5.41) is 1.18. The molecule has 1 aromatic heterocycles. The summed E-state index contributed by atoms with van der Waals surface area (Å²) in [7, 11) is 0. The number of carbonyl (C=O) groups is 3. The quantitative estimate of drug-likeness (QED) is 0.427. The van der Waals surface area contributed by atoms with Crippen LogP contribution in [0.15, 0.2) is 36.4 Å². The molecular weight excluding hydrogens is 500 g/mol. The second kappa shape index (κ2) is 10.6. The molecule has 2 aliphatic heterocycles. The predicted molar refractivity (Wildman–Crippen MR) is 141 cm³/mol. The lowest BCUT2D eigenvalue weighted by Crippen LogP contribution is -2.39. The second-order valence-corrected chi connectivity index (χ2v) is 10.4. The molecule has 3 amide bonds. The van der Waals surface area contributed by atoms with Gasteiger partial charge in [-0.05, 0) is 43.2 Å². The SMILES string of the molecule is Cc1ccc(Cl)c2sc(N(CCCN3CCOCC3)C(=O)c3cccc(N4C(=O)CCC4=O)c3)nc12. The summed E-state index contributed by atoms with van der Waals surface area (Å²) < 4.78 is 6.29. The normalized spacial score (nSPS) is 16.8. The maximum atomic E-state index is 13.8. The smallest absolute Gasteiger partial charge is 0.260 e. The third-order valence-corrected chi connectivity index (χ3v) is 8.06. The van der Waals surface area contributed by atoms with Crippen molar-refractivity contribution in [3.8, 4) is 0 Å². The van der Waals surface area contributed by atoms with Gasteiger partial charge in [-0.2, -0.15) is 0 Å². The van der Waals surface area contributed by atoms with Crippen LogP contribution in [-0.4, -0.2) is 67.0 Å². The second-order valence-electron chi connectivity index (χ2n) is 8.98. The van der Waals surface area contributed by atoms with Crippen molar-refractivity contribution in [2.24, 2.45) is 0 Å². The number of carbonyl (C=O) groups excluding carboxylic acids is 3. The zero-order valence-corrected chi connectivity index (χ0v) is 21.6. The number of hydrogen-bond acceptors (Lipinski definition) is 7. The fourth-order valence-corrected chi connectivity index (χ4v) is 5.91. The van der Waals surface area contributed by atoms with Crippen LogP contribution in [0.1, 0.15) is 35.2 Å². The summed E-state index contributed by atoms with van der Waals surface area (Å²) in [4.78, 5) is 48.3. The monoisotopic (exact) mass is 526 g/mol. The number of rotatable bonds is 7. The molecule has 0 atom stereocenters. The number of halogens is 1. The number of anilines is 2. The highest BCUT2D eigenvalue weighted by atomic mass is 35.5. The number of nitrogens with zero attached hydrogens (tertiary/aromatic N) is 4. The molecule has 0 radical (unpaired) electrons. The molecule has 36 heavy (non-hydrogen) atoms.